The summed E-state index contributed by atoms with van der Waals surface area (Å²) in [7, 11) is 3.97. The fraction of sp³-hybridized carbons (Fsp3) is 0.474. The Morgan fingerprint density at radius 1 is 1.22 bits per heavy atom. The minimum atomic E-state index is -0.400. The minimum Gasteiger partial charge on any atom is -0.389 e. The number of aryl methyl sites for hydroxylation is 1. The van der Waals surface area contributed by atoms with Gasteiger partial charge in [-0.1, -0.05) is 23.2 Å². The number of aromatic nitrogens is 2. The molecule has 1 aliphatic carbocycles. The van der Waals surface area contributed by atoms with E-state index in [1.54, 1.807) is 28.1 Å². The third-order valence-corrected chi connectivity index (χ3v) is 5.85. The van der Waals surface area contributed by atoms with E-state index in [1.807, 2.05) is 19.2 Å². The Labute approximate surface area is 168 Å². The van der Waals surface area contributed by atoms with Gasteiger partial charge in [0, 0.05) is 43.3 Å². The molecule has 6 nitrogen and oxygen atoms in total. The van der Waals surface area contributed by atoms with Gasteiger partial charge in [-0.2, -0.15) is 0 Å². The van der Waals surface area contributed by atoms with Crippen molar-refractivity contribution in [2.45, 2.75) is 6.54 Å². The maximum atomic E-state index is 12.8. The van der Waals surface area contributed by atoms with E-state index in [4.69, 9.17) is 27.9 Å². The first kappa shape index (κ1) is 18.6. The molecular weight excluding hydrogens is 387 g/mol. The molecule has 2 atom stereocenters. The van der Waals surface area contributed by atoms with Crippen LogP contribution in [0.4, 0.5) is 4.79 Å². The summed E-state index contributed by atoms with van der Waals surface area (Å²) < 4.78 is 7.22. The van der Waals surface area contributed by atoms with E-state index in [1.165, 1.54) is 0 Å². The van der Waals surface area contributed by atoms with Gasteiger partial charge in [0.2, 0.25) is 5.88 Å². The molecule has 2 heterocycles. The van der Waals surface area contributed by atoms with Crippen molar-refractivity contribution in [3.8, 4) is 5.88 Å². The summed E-state index contributed by atoms with van der Waals surface area (Å²) in [6.45, 7) is 3.26. The second kappa shape index (κ2) is 7.34. The van der Waals surface area contributed by atoms with Gasteiger partial charge in [0.05, 0.1) is 12.5 Å². The molecule has 2 unspecified atom stereocenters. The molecule has 1 aromatic heterocycles. The lowest BCUT2D eigenvalue weighted by Crippen LogP contribution is -2.36. The Bertz CT molecular complexity index is 824. The zero-order valence-electron chi connectivity index (χ0n) is 15.3. The number of nitrogens with zero attached hydrogens (tertiary/aromatic N) is 4. The number of likely N-dealkylation sites (tertiary alicyclic amines) is 1. The smallest absolute Gasteiger partial charge is 0.389 e. The third-order valence-electron chi connectivity index (χ3n) is 5.41. The van der Waals surface area contributed by atoms with Crippen molar-refractivity contribution in [2.75, 3.05) is 26.7 Å². The van der Waals surface area contributed by atoms with E-state index in [0.29, 0.717) is 46.8 Å². The number of fused-ring (bicyclic) bond motifs is 1. The van der Waals surface area contributed by atoms with Crippen molar-refractivity contribution in [2.24, 2.45) is 24.8 Å². The lowest BCUT2D eigenvalue weighted by Gasteiger charge is -2.23. The Hall–Kier alpha value is -1.76. The highest BCUT2D eigenvalue weighted by atomic mass is 35.5. The quantitative estimate of drug-likeness (QED) is 0.758. The van der Waals surface area contributed by atoms with Crippen LogP contribution >= 0.6 is 23.2 Å². The van der Waals surface area contributed by atoms with Crippen LogP contribution < -0.4 is 4.74 Å². The predicted octanol–water partition coefficient (Wildman–Crippen LogP) is 3.54. The summed E-state index contributed by atoms with van der Waals surface area (Å²) >= 11 is 12.2. The van der Waals surface area contributed by atoms with Gasteiger partial charge in [-0.25, -0.2) is 9.78 Å². The van der Waals surface area contributed by atoms with Gasteiger partial charge in [-0.05, 0) is 48.6 Å². The Morgan fingerprint density at radius 3 is 2.48 bits per heavy atom. The zero-order valence-corrected chi connectivity index (χ0v) is 16.8. The van der Waals surface area contributed by atoms with E-state index in [0.717, 1.165) is 18.7 Å². The lowest BCUT2D eigenvalue weighted by atomic mass is 10.2. The van der Waals surface area contributed by atoms with Gasteiger partial charge in [0.1, 0.15) is 0 Å². The van der Waals surface area contributed by atoms with Crippen molar-refractivity contribution in [3.63, 3.8) is 0 Å². The molecule has 0 radical (unpaired) electrons. The van der Waals surface area contributed by atoms with Crippen LogP contribution in [0, 0.1) is 17.8 Å². The number of rotatable bonds is 5. The summed E-state index contributed by atoms with van der Waals surface area (Å²) in [5.41, 5.74) is 0.883. The molecule has 1 aromatic carbocycles. The van der Waals surface area contributed by atoms with Crippen LogP contribution in [-0.4, -0.2) is 52.1 Å². The SMILES string of the molecule is CN1CC2C(C1)C2CN(Cc1cc(Cl)cc(Cl)c1)C(=O)Oc1cn(C)cn1. The fourth-order valence-corrected chi connectivity index (χ4v) is 4.68. The minimum absolute atomic E-state index is 0.298. The Kier molecular flexibility index (Phi) is 5.05. The van der Waals surface area contributed by atoms with Gasteiger partial charge < -0.3 is 19.1 Å². The largest absolute Gasteiger partial charge is 0.416 e. The van der Waals surface area contributed by atoms with E-state index < -0.39 is 6.09 Å². The first-order valence-corrected chi connectivity index (χ1v) is 9.73. The molecule has 144 valence electrons. The number of amides is 1. The molecule has 0 N–H and O–H groups in total. The molecule has 1 saturated carbocycles. The van der Waals surface area contributed by atoms with Crippen LogP contribution in [0.2, 0.25) is 10.0 Å². The van der Waals surface area contributed by atoms with Crippen molar-refractivity contribution < 1.29 is 9.53 Å². The van der Waals surface area contributed by atoms with Gasteiger partial charge >= 0.3 is 6.09 Å². The molecule has 1 amide bonds. The molecule has 2 fully saturated rings. The predicted molar refractivity (Wildman–Crippen MR) is 104 cm³/mol. The molecule has 27 heavy (non-hydrogen) atoms. The first-order valence-electron chi connectivity index (χ1n) is 8.97. The third kappa shape index (κ3) is 4.23. The van der Waals surface area contributed by atoms with Crippen molar-refractivity contribution >= 4 is 29.3 Å². The Morgan fingerprint density at radius 2 is 1.89 bits per heavy atom. The molecule has 2 aromatic rings. The normalized spacial score (nSPS) is 23.9. The molecule has 1 saturated heterocycles. The first-order chi connectivity index (χ1) is 12.9. The zero-order chi connectivity index (χ0) is 19.1. The van der Waals surface area contributed by atoms with Crippen LogP contribution in [0.5, 0.6) is 5.88 Å². The molecule has 0 spiro atoms. The van der Waals surface area contributed by atoms with Crippen LogP contribution in [0.3, 0.4) is 0 Å². The van der Waals surface area contributed by atoms with E-state index in [2.05, 4.69) is 16.9 Å². The number of carbonyl (C=O) groups excluding carboxylic acids is 1. The summed E-state index contributed by atoms with van der Waals surface area (Å²) in [5.74, 6) is 2.16. The molecule has 4 rings (SSSR count). The summed E-state index contributed by atoms with van der Waals surface area (Å²) in [6, 6.07) is 5.34. The highest BCUT2D eigenvalue weighted by Crippen LogP contribution is 2.51. The van der Waals surface area contributed by atoms with Crippen molar-refractivity contribution in [3.05, 3.63) is 46.3 Å². The average Bonchev–Trinajstić information content (AvgIpc) is 2.92. The second-order valence-electron chi connectivity index (χ2n) is 7.62. The van der Waals surface area contributed by atoms with Crippen LogP contribution in [0.1, 0.15) is 5.56 Å². The highest BCUT2D eigenvalue weighted by molar-refractivity contribution is 6.34. The highest BCUT2D eigenvalue weighted by Gasteiger charge is 2.55. The molecule has 8 heteroatoms. The van der Waals surface area contributed by atoms with E-state index in [-0.39, 0.29) is 0 Å². The maximum absolute atomic E-state index is 12.8. The lowest BCUT2D eigenvalue weighted by molar-refractivity contribution is 0.142. The number of halogens is 2. The summed E-state index contributed by atoms with van der Waals surface area (Å²) in [6.07, 6.45) is 2.88. The average molecular weight is 409 g/mol. The fourth-order valence-electron chi connectivity index (χ4n) is 4.11. The van der Waals surface area contributed by atoms with Gasteiger partial charge in [-0.3, -0.25) is 0 Å². The number of ether oxygens (including phenoxy) is 1. The van der Waals surface area contributed by atoms with Gasteiger partial charge in [0.25, 0.3) is 0 Å². The monoisotopic (exact) mass is 408 g/mol. The Balaban J connectivity index is 1.48. The summed E-state index contributed by atoms with van der Waals surface area (Å²) in [4.78, 5) is 21.0. The van der Waals surface area contributed by atoms with Crippen molar-refractivity contribution in [1.29, 1.82) is 0 Å². The van der Waals surface area contributed by atoms with E-state index in [9.17, 15) is 4.79 Å². The molecule has 1 aliphatic heterocycles. The van der Waals surface area contributed by atoms with Crippen LogP contribution in [-0.2, 0) is 13.6 Å². The van der Waals surface area contributed by atoms with Gasteiger partial charge in [-0.15, -0.1) is 0 Å². The molecule has 0 bridgehead atoms. The molecule has 2 aliphatic rings. The number of carbonyl (C=O) groups is 1. The van der Waals surface area contributed by atoms with Crippen LogP contribution in [0.25, 0.3) is 0 Å². The van der Waals surface area contributed by atoms with Gasteiger partial charge in [0.15, 0.2) is 0 Å². The maximum Gasteiger partial charge on any atom is 0.416 e. The number of hydrogen-bond donors (Lipinski definition) is 0. The number of piperidine rings is 1. The summed E-state index contributed by atoms with van der Waals surface area (Å²) in [5, 5.41) is 1.11. The molecular formula is C19H22Cl2N4O2. The van der Waals surface area contributed by atoms with Crippen LogP contribution in [0.15, 0.2) is 30.7 Å². The van der Waals surface area contributed by atoms with Crippen molar-refractivity contribution in [1.82, 2.24) is 19.4 Å². The topological polar surface area (TPSA) is 50.6 Å². The number of hydrogen-bond acceptors (Lipinski definition) is 4. The number of imidazole rings is 1. The van der Waals surface area contributed by atoms with E-state index >= 15 is 0 Å². The number of benzene rings is 1. The second-order valence-corrected chi connectivity index (χ2v) is 8.49. The standard InChI is InChI=1S/C19H22Cl2N4O2/c1-23-7-15-16(8-23)17(15)9-25(6-12-3-13(20)5-14(21)4-12)19(26)27-18-10-24(2)11-22-18/h3-5,10-11,15-17H,6-9H2,1-2H3.